The number of nitrogens with one attached hydrogen (secondary N) is 1. The maximum absolute atomic E-state index is 11.8. The summed E-state index contributed by atoms with van der Waals surface area (Å²) in [5, 5.41) is 11.4. The molecule has 0 aliphatic heterocycles. The van der Waals surface area contributed by atoms with Crippen molar-refractivity contribution in [2.45, 2.75) is 13.8 Å². The summed E-state index contributed by atoms with van der Waals surface area (Å²) in [6.07, 6.45) is 0. The second-order valence-corrected chi connectivity index (χ2v) is 4.34. The molecule has 0 aromatic carbocycles. The monoisotopic (exact) mass is 301 g/mol. The summed E-state index contributed by atoms with van der Waals surface area (Å²) in [6, 6.07) is 1.73. The molecule has 0 unspecified atom stereocenters. The predicted octanol–water partition coefficient (Wildman–Crippen LogP) is 1.23. The number of carbonyl (C=O) groups is 1. The number of aromatic nitrogens is 2. The molecule has 1 N–H and O–H groups in total. The third-order valence-corrected chi connectivity index (χ3v) is 2.42. The van der Waals surface area contributed by atoms with E-state index in [1.54, 1.807) is 13.0 Å². The minimum atomic E-state index is -0.136. The van der Waals surface area contributed by atoms with E-state index in [4.69, 9.17) is 4.74 Å². The number of aryl methyl sites for hydroxylation is 2. The minimum absolute atomic E-state index is 0.136. The molecular weight excluding hydrogens is 286 g/mol. The molecule has 0 aliphatic carbocycles. The highest BCUT2D eigenvalue weighted by Gasteiger charge is 2.10. The van der Waals surface area contributed by atoms with Crippen LogP contribution in [0.5, 0.6) is 0 Å². The van der Waals surface area contributed by atoms with Crippen LogP contribution in [0.15, 0.2) is 6.07 Å². The fourth-order valence-corrected chi connectivity index (χ4v) is 1.50. The average molecular weight is 302 g/mol. The van der Waals surface area contributed by atoms with Gasteiger partial charge in [-0.2, -0.15) is 10.2 Å². The largest absolute Gasteiger partial charge is 0.379 e. The highest BCUT2D eigenvalue weighted by molar-refractivity contribution is 9.09. The third-order valence-electron chi connectivity index (χ3n) is 2.10. The third kappa shape index (κ3) is 4.79. The molecule has 0 radical (unpaired) electrons. The van der Waals surface area contributed by atoms with Gasteiger partial charge in [0.2, 0.25) is 0 Å². The van der Waals surface area contributed by atoms with Crippen molar-refractivity contribution in [1.82, 2.24) is 15.5 Å². The lowest BCUT2D eigenvalue weighted by atomic mass is 10.2. The highest BCUT2D eigenvalue weighted by Crippen LogP contribution is 2.04. The maximum atomic E-state index is 11.8. The van der Waals surface area contributed by atoms with E-state index in [1.807, 2.05) is 6.92 Å². The van der Waals surface area contributed by atoms with Crippen LogP contribution in [-0.2, 0) is 4.74 Å². The van der Waals surface area contributed by atoms with Crippen molar-refractivity contribution >= 4 is 21.8 Å². The Labute approximate surface area is 109 Å². The Kier molecular flexibility index (Phi) is 6.07. The number of alkyl halides is 1. The molecule has 1 aromatic rings. The van der Waals surface area contributed by atoms with Crippen LogP contribution in [0.25, 0.3) is 0 Å². The van der Waals surface area contributed by atoms with Crippen molar-refractivity contribution in [3.63, 3.8) is 0 Å². The molecule has 1 rings (SSSR count). The standard InChI is InChI=1S/C11H16BrN3O2/c1-8-7-10(9(2)15-14-8)11(16)13-4-6-17-5-3-12/h7H,3-6H2,1-2H3,(H,13,16). The van der Waals surface area contributed by atoms with Crippen LogP contribution in [0.4, 0.5) is 0 Å². The smallest absolute Gasteiger partial charge is 0.253 e. The fraction of sp³-hybridized carbons (Fsp3) is 0.545. The number of halogens is 1. The summed E-state index contributed by atoms with van der Waals surface area (Å²) < 4.78 is 5.23. The maximum Gasteiger partial charge on any atom is 0.253 e. The number of hydrogen-bond acceptors (Lipinski definition) is 4. The number of carbonyl (C=O) groups excluding carboxylic acids is 1. The van der Waals surface area contributed by atoms with Gasteiger partial charge in [-0.15, -0.1) is 0 Å². The molecular formula is C11H16BrN3O2. The van der Waals surface area contributed by atoms with Crippen molar-refractivity contribution in [2.24, 2.45) is 0 Å². The summed E-state index contributed by atoms with van der Waals surface area (Å²) in [5.41, 5.74) is 1.93. The Morgan fingerprint density at radius 2 is 2.18 bits per heavy atom. The van der Waals surface area contributed by atoms with Gasteiger partial charge in [-0.05, 0) is 19.9 Å². The van der Waals surface area contributed by atoms with Crippen LogP contribution >= 0.6 is 15.9 Å². The Morgan fingerprint density at radius 3 is 2.88 bits per heavy atom. The second kappa shape index (κ2) is 7.34. The van der Waals surface area contributed by atoms with Crippen LogP contribution in [0, 0.1) is 13.8 Å². The van der Waals surface area contributed by atoms with Gasteiger partial charge in [0.05, 0.1) is 30.2 Å². The summed E-state index contributed by atoms with van der Waals surface area (Å²) in [7, 11) is 0. The van der Waals surface area contributed by atoms with Gasteiger partial charge >= 0.3 is 0 Å². The molecule has 0 saturated carbocycles. The van der Waals surface area contributed by atoms with Crippen molar-refractivity contribution < 1.29 is 9.53 Å². The number of nitrogens with zero attached hydrogens (tertiary/aromatic N) is 2. The molecule has 0 fully saturated rings. The molecule has 1 heterocycles. The molecule has 0 saturated heterocycles. The van der Waals surface area contributed by atoms with E-state index < -0.39 is 0 Å². The Balaban J connectivity index is 2.44. The summed E-state index contributed by atoms with van der Waals surface area (Å²) in [5.74, 6) is -0.136. The van der Waals surface area contributed by atoms with E-state index in [0.717, 1.165) is 11.0 Å². The highest BCUT2D eigenvalue weighted by atomic mass is 79.9. The molecule has 1 aromatic heterocycles. The average Bonchev–Trinajstić information content (AvgIpc) is 2.32. The van der Waals surface area contributed by atoms with Gasteiger partial charge in [-0.1, -0.05) is 15.9 Å². The number of ether oxygens (including phenoxy) is 1. The minimum Gasteiger partial charge on any atom is -0.379 e. The van der Waals surface area contributed by atoms with Gasteiger partial charge < -0.3 is 10.1 Å². The summed E-state index contributed by atoms with van der Waals surface area (Å²) >= 11 is 3.26. The Morgan fingerprint density at radius 1 is 1.41 bits per heavy atom. The SMILES string of the molecule is Cc1cc(C(=O)NCCOCCBr)c(C)nn1. The van der Waals surface area contributed by atoms with Gasteiger partial charge in [0.25, 0.3) is 5.91 Å². The number of amides is 1. The zero-order chi connectivity index (χ0) is 12.7. The number of rotatable bonds is 6. The van der Waals surface area contributed by atoms with Gasteiger partial charge in [0.15, 0.2) is 0 Å². The van der Waals surface area contributed by atoms with Crippen molar-refractivity contribution in [3.05, 3.63) is 23.0 Å². The first-order valence-electron chi connectivity index (χ1n) is 5.38. The molecule has 0 aliphatic rings. The molecule has 0 spiro atoms. The molecule has 94 valence electrons. The fourth-order valence-electron chi connectivity index (χ4n) is 1.27. The van der Waals surface area contributed by atoms with Crippen LogP contribution in [-0.4, -0.2) is 41.2 Å². The first-order valence-corrected chi connectivity index (χ1v) is 6.50. The lowest BCUT2D eigenvalue weighted by Crippen LogP contribution is -2.28. The zero-order valence-corrected chi connectivity index (χ0v) is 11.6. The van der Waals surface area contributed by atoms with Gasteiger partial charge in [0, 0.05) is 11.9 Å². The summed E-state index contributed by atoms with van der Waals surface area (Å²) in [6.45, 7) is 5.22. The van der Waals surface area contributed by atoms with E-state index in [9.17, 15) is 4.79 Å². The quantitative estimate of drug-likeness (QED) is 0.634. The van der Waals surface area contributed by atoms with E-state index in [2.05, 4.69) is 31.4 Å². The van der Waals surface area contributed by atoms with E-state index in [0.29, 0.717) is 31.0 Å². The van der Waals surface area contributed by atoms with Crippen molar-refractivity contribution in [1.29, 1.82) is 0 Å². The first-order chi connectivity index (χ1) is 8.15. The van der Waals surface area contributed by atoms with Crippen molar-refractivity contribution in [2.75, 3.05) is 25.1 Å². The lowest BCUT2D eigenvalue weighted by molar-refractivity contribution is 0.0922. The predicted molar refractivity (Wildman–Crippen MR) is 68.5 cm³/mol. The molecule has 0 atom stereocenters. The topological polar surface area (TPSA) is 64.1 Å². The zero-order valence-electron chi connectivity index (χ0n) is 9.99. The van der Waals surface area contributed by atoms with Gasteiger partial charge in [0.1, 0.15) is 0 Å². The second-order valence-electron chi connectivity index (χ2n) is 3.54. The molecule has 5 nitrogen and oxygen atoms in total. The lowest BCUT2D eigenvalue weighted by Gasteiger charge is -2.07. The van der Waals surface area contributed by atoms with Crippen LogP contribution in [0.2, 0.25) is 0 Å². The first kappa shape index (κ1) is 14.1. The molecule has 6 heteroatoms. The van der Waals surface area contributed by atoms with Crippen LogP contribution < -0.4 is 5.32 Å². The van der Waals surface area contributed by atoms with E-state index in [1.165, 1.54) is 0 Å². The Bertz CT molecular complexity index is 385. The molecule has 0 bridgehead atoms. The van der Waals surface area contributed by atoms with E-state index in [-0.39, 0.29) is 5.91 Å². The normalized spacial score (nSPS) is 10.3. The number of hydrogen-bond donors (Lipinski definition) is 1. The van der Waals surface area contributed by atoms with Crippen LogP contribution in [0.1, 0.15) is 21.7 Å². The van der Waals surface area contributed by atoms with E-state index >= 15 is 0 Å². The molecule has 17 heavy (non-hydrogen) atoms. The van der Waals surface area contributed by atoms with Crippen LogP contribution in [0.3, 0.4) is 0 Å². The Hall–Kier alpha value is -1.01. The van der Waals surface area contributed by atoms with Gasteiger partial charge in [-0.25, -0.2) is 0 Å². The summed E-state index contributed by atoms with van der Waals surface area (Å²) in [4.78, 5) is 11.8. The molecule has 1 amide bonds. The van der Waals surface area contributed by atoms with Crippen molar-refractivity contribution in [3.8, 4) is 0 Å². The van der Waals surface area contributed by atoms with Gasteiger partial charge in [-0.3, -0.25) is 4.79 Å².